The van der Waals surface area contributed by atoms with E-state index in [1.165, 1.54) is 101 Å². The fourth-order valence-electron chi connectivity index (χ4n) is 5.55. The summed E-state index contributed by atoms with van der Waals surface area (Å²) in [6.07, 6.45) is 0. The molecule has 0 saturated carbocycles. The van der Waals surface area contributed by atoms with Crippen LogP contribution in [0.4, 0.5) is 5.69 Å². The number of hydrogen-bond donors (Lipinski definition) is 3. The van der Waals surface area contributed by atoms with Crippen LogP contribution in [-0.4, -0.2) is 62.5 Å². The number of anilines is 1. The van der Waals surface area contributed by atoms with E-state index in [0.29, 0.717) is 17.0 Å². The van der Waals surface area contributed by atoms with E-state index in [0.717, 1.165) is 11.1 Å². The number of carbonyl (C=O) groups excluding carboxylic acids is 4. The minimum Gasteiger partial charge on any atom is -0.507 e. The Hall–Kier alpha value is -8.00. The molecule has 0 heterocycles. The topological polar surface area (TPSA) is 185 Å². The second-order valence-electron chi connectivity index (χ2n) is 12.2. The minimum absolute atomic E-state index is 0.123. The number of rotatable bonds is 13. The fourth-order valence-corrected chi connectivity index (χ4v) is 5.55. The third kappa shape index (κ3) is 9.09. The van der Waals surface area contributed by atoms with Crippen molar-refractivity contribution in [3.63, 3.8) is 0 Å². The van der Waals surface area contributed by atoms with Crippen molar-refractivity contribution in [3.05, 3.63) is 144 Å². The Morgan fingerprint density at radius 3 is 1.19 bits per heavy atom. The van der Waals surface area contributed by atoms with Crippen LogP contribution in [0.5, 0.6) is 51.7 Å². The summed E-state index contributed by atoms with van der Waals surface area (Å²) in [5, 5.41) is 23.3. The van der Waals surface area contributed by atoms with Gasteiger partial charge in [0, 0.05) is 35.5 Å². The third-order valence-corrected chi connectivity index (χ3v) is 8.61. The maximum Gasteiger partial charge on any atom is 0.347 e. The first-order chi connectivity index (χ1) is 28.0. The molecule has 294 valence electrons. The molecule has 58 heavy (non-hydrogen) atoms. The van der Waals surface area contributed by atoms with Gasteiger partial charge < -0.3 is 48.7 Å². The number of methoxy groups -OCH3 is 4. The molecular weight excluding hydrogens is 750 g/mol. The predicted octanol–water partition coefficient (Wildman–Crippen LogP) is 7.71. The second kappa shape index (κ2) is 17.6. The zero-order valence-corrected chi connectivity index (χ0v) is 31.4. The number of esters is 3. The molecule has 0 fully saturated rings. The van der Waals surface area contributed by atoms with Gasteiger partial charge in [-0.3, -0.25) is 4.79 Å². The Bertz CT molecular complexity index is 2290. The number of nitrogens with one attached hydrogen (secondary N) is 1. The van der Waals surface area contributed by atoms with Crippen LogP contribution >= 0.6 is 0 Å². The number of hydrogen-bond acceptors (Lipinski definition) is 13. The van der Waals surface area contributed by atoms with Crippen LogP contribution in [0, 0.1) is 0 Å². The molecule has 0 saturated heterocycles. The molecule has 0 bridgehead atoms. The van der Waals surface area contributed by atoms with Crippen molar-refractivity contribution in [3.8, 4) is 62.9 Å². The summed E-state index contributed by atoms with van der Waals surface area (Å²) in [7, 11) is 5.60. The summed E-state index contributed by atoms with van der Waals surface area (Å²) in [6.45, 7) is 0. The van der Waals surface area contributed by atoms with Crippen LogP contribution in [0.2, 0.25) is 0 Å². The summed E-state index contributed by atoms with van der Waals surface area (Å²) in [5.41, 5.74) is 2.48. The normalized spacial score (nSPS) is 10.5. The fraction of sp³-hybridized carbons (Fsp3) is 0.0909. The summed E-state index contributed by atoms with van der Waals surface area (Å²) < 4.78 is 36.9. The van der Waals surface area contributed by atoms with E-state index in [4.69, 9.17) is 33.2 Å². The van der Waals surface area contributed by atoms with Gasteiger partial charge in [-0.25, -0.2) is 14.4 Å². The van der Waals surface area contributed by atoms with Crippen molar-refractivity contribution in [1.82, 2.24) is 0 Å². The van der Waals surface area contributed by atoms with Crippen LogP contribution in [0.15, 0.2) is 121 Å². The third-order valence-electron chi connectivity index (χ3n) is 8.61. The van der Waals surface area contributed by atoms with Gasteiger partial charge in [-0.15, -0.1) is 0 Å². The molecule has 6 aromatic carbocycles. The van der Waals surface area contributed by atoms with E-state index in [2.05, 4.69) is 5.32 Å². The molecule has 1 amide bonds. The SMILES string of the molecule is COc1cc(O)c(C(=O)Oc2ccc(C(=O)Nc3ccc(-c4ccc(OC(=O)c5ccc(OC(=O)c6cc(OC)c(OC)cc6O)cc5)cc4)cc3)cc2)cc1OC. The first-order valence-corrected chi connectivity index (χ1v) is 17.3. The minimum atomic E-state index is -0.838. The molecule has 6 aromatic rings. The Morgan fingerprint density at radius 1 is 0.431 bits per heavy atom. The highest BCUT2D eigenvalue weighted by atomic mass is 16.5. The number of benzene rings is 6. The van der Waals surface area contributed by atoms with E-state index in [-0.39, 0.29) is 68.6 Å². The molecule has 0 aromatic heterocycles. The Morgan fingerprint density at radius 2 is 0.776 bits per heavy atom. The summed E-state index contributed by atoms with van der Waals surface area (Å²) in [5.74, 6) is -1.81. The first-order valence-electron chi connectivity index (χ1n) is 17.3. The van der Waals surface area contributed by atoms with Crippen LogP contribution < -0.4 is 38.5 Å². The van der Waals surface area contributed by atoms with Gasteiger partial charge in [0.2, 0.25) is 0 Å². The standard InChI is InChI=1S/C44H35NO13/c1-52-37-21-33(35(46)23-39(37)54-3)43(50)57-31-17-9-27(10-18-31)41(48)45-29-13-5-25(6-14-29)26-7-15-30(16-8-26)56-42(49)28-11-19-32(20-12-28)58-44(51)34-22-38(53-2)40(55-4)24-36(34)47/h5-24,46-47H,1-4H3,(H,45,48). The maximum atomic E-state index is 12.9. The van der Waals surface area contributed by atoms with Crippen LogP contribution in [-0.2, 0) is 0 Å². The molecule has 0 radical (unpaired) electrons. The number of phenolic OH excluding ortho intramolecular Hbond substituents is 2. The highest BCUT2D eigenvalue weighted by Crippen LogP contribution is 2.36. The van der Waals surface area contributed by atoms with Gasteiger partial charge >= 0.3 is 17.9 Å². The molecular formula is C44H35NO13. The van der Waals surface area contributed by atoms with Gasteiger partial charge in [0.15, 0.2) is 23.0 Å². The van der Waals surface area contributed by atoms with Gasteiger partial charge in [0.25, 0.3) is 5.91 Å². The number of amides is 1. The number of carbonyl (C=O) groups is 4. The molecule has 0 spiro atoms. The van der Waals surface area contributed by atoms with Crippen molar-refractivity contribution in [1.29, 1.82) is 0 Å². The van der Waals surface area contributed by atoms with Crippen LogP contribution in [0.3, 0.4) is 0 Å². The van der Waals surface area contributed by atoms with E-state index in [9.17, 15) is 29.4 Å². The summed E-state index contributed by atoms with van der Waals surface area (Å²) in [6, 6.07) is 30.7. The zero-order chi connectivity index (χ0) is 41.3. The predicted molar refractivity (Wildman–Crippen MR) is 210 cm³/mol. The average molecular weight is 786 g/mol. The molecule has 0 aliphatic heterocycles. The molecule has 14 nitrogen and oxygen atoms in total. The van der Waals surface area contributed by atoms with E-state index >= 15 is 0 Å². The summed E-state index contributed by atoms with van der Waals surface area (Å²) in [4.78, 5) is 51.2. The van der Waals surface area contributed by atoms with Gasteiger partial charge in [0.05, 0.1) is 34.0 Å². The lowest BCUT2D eigenvalue weighted by Crippen LogP contribution is -2.12. The lowest BCUT2D eigenvalue weighted by atomic mass is 10.1. The zero-order valence-electron chi connectivity index (χ0n) is 31.4. The first kappa shape index (κ1) is 39.7. The molecule has 0 aliphatic rings. The molecule has 3 N–H and O–H groups in total. The number of aromatic hydroxyl groups is 2. The van der Waals surface area contributed by atoms with Crippen LogP contribution in [0.25, 0.3) is 11.1 Å². The monoisotopic (exact) mass is 785 g/mol. The van der Waals surface area contributed by atoms with Gasteiger partial charge in [-0.2, -0.15) is 0 Å². The Balaban J connectivity index is 1.00. The Kier molecular flexibility index (Phi) is 12.1. The van der Waals surface area contributed by atoms with Gasteiger partial charge in [-0.05, 0) is 83.9 Å². The van der Waals surface area contributed by atoms with E-state index in [1.54, 1.807) is 36.4 Å². The van der Waals surface area contributed by atoms with Gasteiger partial charge in [-0.1, -0.05) is 24.3 Å². The molecule has 0 atom stereocenters. The summed E-state index contributed by atoms with van der Waals surface area (Å²) >= 11 is 0. The lowest BCUT2D eigenvalue weighted by molar-refractivity contribution is 0.0719. The van der Waals surface area contributed by atoms with Gasteiger partial charge in [0.1, 0.15) is 39.9 Å². The molecule has 0 unspecified atom stereocenters. The highest BCUT2D eigenvalue weighted by Gasteiger charge is 2.21. The largest absolute Gasteiger partial charge is 0.507 e. The van der Waals surface area contributed by atoms with E-state index in [1.807, 2.05) is 12.1 Å². The van der Waals surface area contributed by atoms with Crippen molar-refractivity contribution in [2.75, 3.05) is 33.8 Å². The molecule has 0 aliphatic carbocycles. The number of ether oxygens (including phenoxy) is 7. The molecule has 6 rings (SSSR count). The lowest BCUT2D eigenvalue weighted by Gasteiger charge is -2.12. The van der Waals surface area contributed by atoms with Crippen LogP contribution in [0.1, 0.15) is 41.4 Å². The highest BCUT2D eigenvalue weighted by molar-refractivity contribution is 6.04. The quantitative estimate of drug-likeness (QED) is 0.0765. The molecule has 14 heteroatoms. The van der Waals surface area contributed by atoms with Crippen molar-refractivity contribution in [2.24, 2.45) is 0 Å². The van der Waals surface area contributed by atoms with Crippen molar-refractivity contribution >= 4 is 29.5 Å². The van der Waals surface area contributed by atoms with Crippen molar-refractivity contribution < 1.29 is 62.5 Å². The smallest absolute Gasteiger partial charge is 0.347 e. The van der Waals surface area contributed by atoms with E-state index < -0.39 is 17.9 Å². The van der Waals surface area contributed by atoms with Crippen molar-refractivity contribution in [2.45, 2.75) is 0 Å². The number of phenols is 2. The Labute approximate surface area is 331 Å². The average Bonchev–Trinajstić information content (AvgIpc) is 3.24. The maximum absolute atomic E-state index is 12.9. The second-order valence-corrected chi connectivity index (χ2v) is 12.2.